The van der Waals surface area contributed by atoms with Crippen molar-refractivity contribution in [2.45, 2.75) is 25.2 Å². The predicted octanol–water partition coefficient (Wildman–Crippen LogP) is -2.74. The lowest BCUT2D eigenvalue weighted by molar-refractivity contribution is -0.493. The zero-order valence-electron chi connectivity index (χ0n) is 4.70. The summed E-state index contributed by atoms with van der Waals surface area (Å²) in [5.74, 6) is 0. The van der Waals surface area contributed by atoms with Gasteiger partial charge in [0.1, 0.15) is 6.10 Å². The van der Waals surface area contributed by atoms with Gasteiger partial charge in [-0.25, -0.2) is 4.99 Å². The van der Waals surface area contributed by atoms with Crippen molar-refractivity contribution in [1.82, 2.24) is 0 Å². The van der Waals surface area contributed by atoms with E-state index in [9.17, 15) is 0 Å². The van der Waals surface area contributed by atoms with Crippen molar-refractivity contribution in [3.8, 4) is 0 Å². The van der Waals surface area contributed by atoms with E-state index in [1.807, 2.05) is 6.92 Å². The molecular formula is C5H10NO2+. The number of rotatable bonds is 0. The fourth-order valence-electron chi connectivity index (χ4n) is 0.743. The fourth-order valence-corrected chi connectivity index (χ4v) is 0.743. The lowest BCUT2D eigenvalue weighted by Crippen LogP contribution is -2.74. The van der Waals surface area contributed by atoms with Crippen LogP contribution in [-0.4, -0.2) is 34.7 Å². The summed E-state index contributed by atoms with van der Waals surface area (Å²) in [5, 5.41) is 17.7. The maximum atomic E-state index is 8.92. The standard InChI is InChI=1S/C5H9NO2/c1-3-5(8)4(7)2-6-3/h2-5,7-8H,1H3/p+1/t3-,4-,5+/m0/s1. The molecule has 8 heavy (non-hydrogen) atoms. The van der Waals surface area contributed by atoms with Gasteiger partial charge in [0.2, 0.25) is 0 Å². The highest BCUT2D eigenvalue weighted by Crippen LogP contribution is 1.94. The van der Waals surface area contributed by atoms with Gasteiger partial charge in [0.15, 0.2) is 18.4 Å². The normalized spacial score (nSPS) is 45.6. The Hall–Kier alpha value is -0.410. The zero-order chi connectivity index (χ0) is 6.15. The van der Waals surface area contributed by atoms with Crippen LogP contribution in [0.15, 0.2) is 0 Å². The van der Waals surface area contributed by atoms with Gasteiger partial charge in [0.05, 0.1) is 0 Å². The number of aliphatic hydroxyl groups is 2. The van der Waals surface area contributed by atoms with Crippen molar-refractivity contribution >= 4 is 6.21 Å². The van der Waals surface area contributed by atoms with E-state index >= 15 is 0 Å². The largest absolute Gasteiger partial charge is 0.383 e. The summed E-state index contributed by atoms with van der Waals surface area (Å²) < 4.78 is 0. The first-order valence-electron chi connectivity index (χ1n) is 2.67. The lowest BCUT2D eigenvalue weighted by Gasteiger charge is -2.03. The molecule has 0 aromatic carbocycles. The second kappa shape index (κ2) is 1.84. The smallest absolute Gasteiger partial charge is 0.176 e. The third kappa shape index (κ3) is 0.743. The Morgan fingerprint density at radius 2 is 2.12 bits per heavy atom. The van der Waals surface area contributed by atoms with Gasteiger partial charge in [-0.2, -0.15) is 0 Å². The minimum Gasteiger partial charge on any atom is -0.383 e. The summed E-state index contributed by atoms with van der Waals surface area (Å²) in [4.78, 5) is 2.79. The summed E-state index contributed by atoms with van der Waals surface area (Å²) >= 11 is 0. The van der Waals surface area contributed by atoms with Crippen LogP contribution in [0.1, 0.15) is 6.92 Å². The van der Waals surface area contributed by atoms with Crippen molar-refractivity contribution in [1.29, 1.82) is 0 Å². The van der Waals surface area contributed by atoms with Gasteiger partial charge in [-0.3, -0.25) is 0 Å². The topological polar surface area (TPSA) is 54.4 Å². The molecule has 0 amide bonds. The highest BCUT2D eigenvalue weighted by Gasteiger charge is 2.31. The molecule has 3 atom stereocenters. The SMILES string of the molecule is C[C@@H]1[NH+]=C[C@H](O)[C@@H]1O. The van der Waals surface area contributed by atoms with Crippen LogP contribution in [0.3, 0.4) is 0 Å². The highest BCUT2D eigenvalue weighted by atomic mass is 16.3. The third-order valence-corrected chi connectivity index (χ3v) is 1.39. The minimum atomic E-state index is -0.690. The molecule has 0 spiro atoms. The van der Waals surface area contributed by atoms with E-state index in [0.717, 1.165) is 0 Å². The molecule has 1 heterocycles. The number of aliphatic hydroxyl groups excluding tert-OH is 2. The van der Waals surface area contributed by atoms with Crippen LogP contribution in [-0.2, 0) is 0 Å². The molecular weight excluding hydrogens is 106 g/mol. The monoisotopic (exact) mass is 116 g/mol. The molecule has 0 bridgehead atoms. The van der Waals surface area contributed by atoms with Crippen molar-refractivity contribution in [3.63, 3.8) is 0 Å². The molecule has 3 N–H and O–H groups in total. The summed E-state index contributed by atoms with van der Waals surface area (Å²) in [6.07, 6.45) is 0.176. The van der Waals surface area contributed by atoms with Crippen LogP contribution in [0, 0.1) is 0 Å². The quantitative estimate of drug-likeness (QED) is 0.321. The second-order valence-corrected chi connectivity index (χ2v) is 2.10. The third-order valence-electron chi connectivity index (χ3n) is 1.39. The van der Waals surface area contributed by atoms with E-state index < -0.39 is 12.2 Å². The van der Waals surface area contributed by atoms with E-state index in [0.29, 0.717) is 0 Å². The average Bonchev–Trinajstić information content (AvgIpc) is 1.98. The molecule has 1 rings (SSSR count). The van der Waals surface area contributed by atoms with Crippen LogP contribution in [0.2, 0.25) is 0 Å². The summed E-state index contributed by atoms with van der Waals surface area (Å²) in [7, 11) is 0. The van der Waals surface area contributed by atoms with Gasteiger partial charge >= 0.3 is 0 Å². The Morgan fingerprint density at radius 1 is 1.50 bits per heavy atom. The minimum absolute atomic E-state index is 0.00926. The van der Waals surface area contributed by atoms with Crippen molar-refractivity contribution < 1.29 is 15.2 Å². The number of nitrogens with one attached hydrogen (secondary N) is 1. The first-order valence-corrected chi connectivity index (χ1v) is 2.67. The summed E-state index contributed by atoms with van der Waals surface area (Å²) in [6, 6.07) is -0.00926. The zero-order valence-corrected chi connectivity index (χ0v) is 4.70. The Balaban J connectivity index is 2.55. The van der Waals surface area contributed by atoms with E-state index in [2.05, 4.69) is 4.99 Å². The molecule has 3 heteroatoms. The van der Waals surface area contributed by atoms with Crippen LogP contribution < -0.4 is 4.99 Å². The number of hydrogen-bond acceptors (Lipinski definition) is 2. The van der Waals surface area contributed by atoms with E-state index in [4.69, 9.17) is 10.2 Å². The van der Waals surface area contributed by atoms with Crippen LogP contribution in [0.25, 0.3) is 0 Å². The molecule has 0 aromatic rings. The van der Waals surface area contributed by atoms with Crippen molar-refractivity contribution in [3.05, 3.63) is 0 Å². The Labute approximate surface area is 47.7 Å². The Morgan fingerprint density at radius 3 is 2.25 bits per heavy atom. The fraction of sp³-hybridized carbons (Fsp3) is 0.800. The molecule has 0 unspecified atom stereocenters. The molecule has 0 saturated heterocycles. The van der Waals surface area contributed by atoms with Crippen molar-refractivity contribution in [2.24, 2.45) is 0 Å². The highest BCUT2D eigenvalue weighted by molar-refractivity contribution is 5.58. The first kappa shape index (κ1) is 5.72. The maximum absolute atomic E-state index is 8.92. The van der Waals surface area contributed by atoms with E-state index in [-0.39, 0.29) is 6.04 Å². The van der Waals surface area contributed by atoms with Crippen LogP contribution in [0.4, 0.5) is 0 Å². The lowest BCUT2D eigenvalue weighted by atomic mass is 10.2. The molecule has 0 aliphatic carbocycles. The molecule has 0 aromatic heterocycles. The second-order valence-electron chi connectivity index (χ2n) is 2.10. The molecule has 0 radical (unpaired) electrons. The van der Waals surface area contributed by atoms with E-state index in [1.54, 1.807) is 0 Å². The molecule has 1 aliphatic rings. The van der Waals surface area contributed by atoms with Crippen molar-refractivity contribution in [2.75, 3.05) is 0 Å². The van der Waals surface area contributed by atoms with Gasteiger partial charge in [-0.05, 0) is 6.92 Å². The Kier molecular flexibility index (Phi) is 1.31. The van der Waals surface area contributed by atoms with Gasteiger partial charge in [0.25, 0.3) is 0 Å². The van der Waals surface area contributed by atoms with E-state index in [1.165, 1.54) is 6.21 Å². The molecule has 46 valence electrons. The predicted molar refractivity (Wildman–Crippen MR) is 28.5 cm³/mol. The first-order chi connectivity index (χ1) is 3.72. The molecule has 0 saturated carbocycles. The van der Waals surface area contributed by atoms with Crippen LogP contribution >= 0.6 is 0 Å². The molecule has 1 aliphatic heterocycles. The average molecular weight is 116 g/mol. The van der Waals surface area contributed by atoms with Gasteiger partial charge < -0.3 is 10.2 Å². The van der Waals surface area contributed by atoms with Gasteiger partial charge in [0, 0.05) is 0 Å². The molecule has 0 fully saturated rings. The maximum Gasteiger partial charge on any atom is 0.176 e. The van der Waals surface area contributed by atoms with Gasteiger partial charge in [-0.15, -0.1) is 0 Å². The summed E-state index contributed by atoms with van der Waals surface area (Å²) in [6.45, 7) is 1.82. The van der Waals surface area contributed by atoms with Gasteiger partial charge in [-0.1, -0.05) is 0 Å². The summed E-state index contributed by atoms with van der Waals surface area (Å²) in [5.41, 5.74) is 0. The Bertz CT molecular complexity index is 101. The number of hydrogen-bond donors (Lipinski definition) is 3. The van der Waals surface area contributed by atoms with Crippen LogP contribution in [0.5, 0.6) is 0 Å². The molecule has 3 nitrogen and oxygen atoms in total.